The van der Waals surface area contributed by atoms with Crippen molar-refractivity contribution in [3.63, 3.8) is 0 Å². The van der Waals surface area contributed by atoms with Gasteiger partial charge >= 0.3 is 0 Å². The Bertz CT molecular complexity index is 693. The molecular formula is C21H25NO3. The predicted molar refractivity (Wildman–Crippen MR) is 97.5 cm³/mol. The molecule has 0 aliphatic carbocycles. The van der Waals surface area contributed by atoms with Crippen molar-refractivity contribution >= 4 is 5.91 Å². The van der Waals surface area contributed by atoms with Crippen LogP contribution in [-0.2, 0) is 6.42 Å². The second kappa shape index (κ2) is 8.17. The molecule has 132 valence electrons. The van der Waals surface area contributed by atoms with Gasteiger partial charge in [-0.1, -0.05) is 36.4 Å². The lowest BCUT2D eigenvalue weighted by molar-refractivity contribution is 0.0436. The monoisotopic (exact) mass is 339 g/mol. The second-order valence-electron chi connectivity index (χ2n) is 6.77. The SMILES string of the molecule is O=C(c1cccc(O)c1)N1CCC(C(O)CCc2ccccc2)CC1. The van der Waals surface area contributed by atoms with Gasteiger partial charge in [-0.2, -0.15) is 0 Å². The van der Waals surface area contributed by atoms with E-state index in [1.165, 1.54) is 11.6 Å². The van der Waals surface area contributed by atoms with Crippen LogP contribution in [0.15, 0.2) is 54.6 Å². The molecule has 25 heavy (non-hydrogen) atoms. The normalized spacial score (nSPS) is 16.6. The van der Waals surface area contributed by atoms with Crippen LogP contribution in [0.1, 0.15) is 35.2 Å². The van der Waals surface area contributed by atoms with E-state index in [1.54, 1.807) is 18.2 Å². The highest BCUT2D eigenvalue weighted by Crippen LogP contribution is 2.25. The summed E-state index contributed by atoms with van der Waals surface area (Å²) in [4.78, 5) is 14.3. The molecule has 3 rings (SSSR count). The highest BCUT2D eigenvalue weighted by molar-refractivity contribution is 5.94. The Balaban J connectivity index is 1.48. The molecule has 2 N–H and O–H groups in total. The van der Waals surface area contributed by atoms with Crippen LogP contribution in [0.5, 0.6) is 5.75 Å². The zero-order chi connectivity index (χ0) is 17.6. The number of likely N-dealkylation sites (tertiary alicyclic amines) is 1. The van der Waals surface area contributed by atoms with E-state index in [4.69, 9.17) is 0 Å². The molecular weight excluding hydrogens is 314 g/mol. The van der Waals surface area contributed by atoms with Gasteiger partial charge in [0.1, 0.15) is 5.75 Å². The smallest absolute Gasteiger partial charge is 0.253 e. The molecule has 1 unspecified atom stereocenters. The van der Waals surface area contributed by atoms with E-state index in [2.05, 4.69) is 12.1 Å². The summed E-state index contributed by atoms with van der Waals surface area (Å²) in [5.41, 5.74) is 1.76. The number of carbonyl (C=O) groups is 1. The fourth-order valence-electron chi connectivity index (χ4n) is 3.50. The molecule has 0 aromatic heterocycles. The van der Waals surface area contributed by atoms with E-state index in [0.29, 0.717) is 18.7 Å². The van der Waals surface area contributed by atoms with Crippen molar-refractivity contribution in [1.29, 1.82) is 0 Å². The van der Waals surface area contributed by atoms with Crippen LogP contribution >= 0.6 is 0 Å². The van der Waals surface area contributed by atoms with Gasteiger partial charge in [0.25, 0.3) is 5.91 Å². The summed E-state index contributed by atoms with van der Waals surface area (Å²) in [5, 5.41) is 20.0. The topological polar surface area (TPSA) is 60.8 Å². The zero-order valence-electron chi connectivity index (χ0n) is 14.3. The quantitative estimate of drug-likeness (QED) is 0.879. The molecule has 1 atom stereocenters. The molecule has 4 nitrogen and oxygen atoms in total. The van der Waals surface area contributed by atoms with E-state index >= 15 is 0 Å². The average Bonchev–Trinajstić information content (AvgIpc) is 2.66. The number of hydrogen-bond acceptors (Lipinski definition) is 3. The Kier molecular flexibility index (Phi) is 5.71. The van der Waals surface area contributed by atoms with Gasteiger partial charge in [0.15, 0.2) is 0 Å². The van der Waals surface area contributed by atoms with Gasteiger partial charge in [0, 0.05) is 18.7 Å². The highest BCUT2D eigenvalue weighted by Gasteiger charge is 2.27. The number of nitrogens with zero attached hydrogens (tertiary/aromatic N) is 1. The molecule has 0 spiro atoms. The number of phenolic OH excluding ortho intramolecular Hbond substituents is 1. The lowest BCUT2D eigenvalue weighted by Crippen LogP contribution is -2.41. The van der Waals surface area contributed by atoms with Crippen molar-refractivity contribution in [2.24, 2.45) is 5.92 Å². The summed E-state index contributed by atoms with van der Waals surface area (Å²) in [6.45, 7) is 1.31. The first-order chi connectivity index (χ1) is 12.1. The second-order valence-corrected chi connectivity index (χ2v) is 6.77. The summed E-state index contributed by atoms with van der Waals surface area (Å²) in [7, 11) is 0. The maximum absolute atomic E-state index is 12.5. The van der Waals surface area contributed by atoms with Crippen molar-refractivity contribution < 1.29 is 15.0 Å². The number of aliphatic hydroxyl groups is 1. The molecule has 1 saturated heterocycles. The molecule has 0 bridgehead atoms. The lowest BCUT2D eigenvalue weighted by Gasteiger charge is -2.34. The number of aromatic hydroxyl groups is 1. The van der Waals surface area contributed by atoms with Gasteiger partial charge in [-0.3, -0.25) is 4.79 Å². The molecule has 1 aliphatic rings. The number of benzene rings is 2. The zero-order valence-corrected chi connectivity index (χ0v) is 14.3. The van der Waals surface area contributed by atoms with Gasteiger partial charge in [-0.25, -0.2) is 0 Å². The van der Waals surface area contributed by atoms with Crippen molar-refractivity contribution in [2.45, 2.75) is 31.8 Å². The lowest BCUT2D eigenvalue weighted by atomic mass is 9.88. The minimum absolute atomic E-state index is 0.0480. The van der Waals surface area contributed by atoms with Gasteiger partial charge < -0.3 is 15.1 Å². The third kappa shape index (κ3) is 4.60. The van der Waals surface area contributed by atoms with Crippen molar-refractivity contribution in [3.8, 4) is 5.75 Å². The third-order valence-electron chi connectivity index (χ3n) is 5.04. The standard InChI is InChI=1S/C21H25NO3/c23-19-8-4-7-18(15-19)21(25)22-13-11-17(12-14-22)20(24)10-9-16-5-2-1-3-6-16/h1-8,15,17,20,23-24H,9-14H2. The van der Waals surface area contributed by atoms with Gasteiger partial charge in [-0.15, -0.1) is 0 Å². The van der Waals surface area contributed by atoms with Crippen molar-refractivity contribution in [3.05, 3.63) is 65.7 Å². The Morgan fingerprint density at radius 3 is 2.48 bits per heavy atom. The minimum atomic E-state index is -0.321. The minimum Gasteiger partial charge on any atom is -0.508 e. The summed E-state index contributed by atoms with van der Waals surface area (Å²) in [6, 6.07) is 16.7. The molecule has 1 amide bonds. The van der Waals surface area contributed by atoms with Crippen molar-refractivity contribution in [2.75, 3.05) is 13.1 Å². The van der Waals surface area contributed by atoms with Crippen LogP contribution in [-0.4, -0.2) is 40.2 Å². The van der Waals surface area contributed by atoms with E-state index in [1.807, 2.05) is 23.1 Å². The van der Waals surface area contributed by atoms with Gasteiger partial charge in [-0.05, 0) is 55.4 Å². The largest absolute Gasteiger partial charge is 0.508 e. The van der Waals surface area contributed by atoms with E-state index in [0.717, 1.165) is 25.7 Å². The van der Waals surface area contributed by atoms with E-state index < -0.39 is 0 Å². The number of phenols is 1. The van der Waals surface area contributed by atoms with Gasteiger partial charge in [0.2, 0.25) is 0 Å². The molecule has 2 aromatic rings. The van der Waals surface area contributed by atoms with Crippen LogP contribution in [0.4, 0.5) is 0 Å². The van der Waals surface area contributed by atoms with Crippen LogP contribution in [0.2, 0.25) is 0 Å². The fraction of sp³-hybridized carbons (Fsp3) is 0.381. The molecule has 1 fully saturated rings. The van der Waals surface area contributed by atoms with Crippen LogP contribution in [0, 0.1) is 5.92 Å². The Labute approximate surface area is 148 Å². The number of amides is 1. The molecule has 4 heteroatoms. The molecule has 0 radical (unpaired) electrons. The summed E-state index contributed by atoms with van der Waals surface area (Å²) < 4.78 is 0. The van der Waals surface area contributed by atoms with Crippen molar-refractivity contribution in [1.82, 2.24) is 4.90 Å². The maximum atomic E-state index is 12.5. The summed E-state index contributed by atoms with van der Waals surface area (Å²) in [5.74, 6) is 0.308. The first-order valence-electron chi connectivity index (χ1n) is 8.94. The maximum Gasteiger partial charge on any atom is 0.253 e. The average molecular weight is 339 g/mol. The van der Waals surface area contributed by atoms with E-state index in [9.17, 15) is 15.0 Å². The van der Waals surface area contributed by atoms with Crippen LogP contribution in [0.3, 0.4) is 0 Å². The van der Waals surface area contributed by atoms with Crippen LogP contribution < -0.4 is 0 Å². The fourth-order valence-corrected chi connectivity index (χ4v) is 3.50. The first kappa shape index (κ1) is 17.5. The van der Waals surface area contributed by atoms with Gasteiger partial charge in [0.05, 0.1) is 6.10 Å². The number of piperidine rings is 1. The number of aliphatic hydroxyl groups excluding tert-OH is 1. The first-order valence-corrected chi connectivity index (χ1v) is 8.94. The predicted octanol–water partition coefficient (Wildman–Crippen LogP) is 3.24. The summed E-state index contributed by atoms with van der Waals surface area (Å²) in [6.07, 6.45) is 2.96. The number of carbonyl (C=O) groups excluding carboxylic acids is 1. The molecule has 1 heterocycles. The Morgan fingerprint density at radius 2 is 1.80 bits per heavy atom. The summed E-state index contributed by atoms with van der Waals surface area (Å²) >= 11 is 0. The Hall–Kier alpha value is -2.33. The Morgan fingerprint density at radius 1 is 1.08 bits per heavy atom. The molecule has 1 aliphatic heterocycles. The number of hydrogen-bond donors (Lipinski definition) is 2. The highest BCUT2D eigenvalue weighted by atomic mass is 16.3. The number of aryl methyl sites for hydroxylation is 1. The number of rotatable bonds is 5. The molecule has 2 aromatic carbocycles. The molecule has 0 saturated carbocycles. The van der Waals surface area contributed by atoms with E-state index in [-0.39, 0.29) is 23.7 Å². The third-order valence-corrected chi connectivity index (χ3v) is 5.04. The van der Waals surface area contributed by atoms with Crippen LogP contribution in [0.25, 0.3) is 0 Å².